The molecule has 0 unspecified atom stereocenters. The lowest BCUT2D eigenvalue weighted by molar-refractivity contribution is 0.665. The van der Waals surface area contributed by atoms with Crippen LogP contribution in [0.5, 0.6) is 0 Å². The Labute approximate surface area is 161 Å². The summed E-state index contributed by atoms with van der Waals surface area (Å²) in [5.74, 6) is 0.718. The molecule has 1 aromatic heterocycles. The largest absolute Gasteiger partial charge is 0.378 e. The molecule has 3 rings (SSSR count). The standard InChI is InChI=1S/C20H21BrN4O/c1-13(2)19-23-18-10-7-15(21)11-17(18)20(26)25(19)22-12-14-5-8-16(9-6-14)24(3)4/h5-13H,1-4H3. The highest BCUT2D eigenvalue weighted by Crippen LogP contribution is 2.19. The Balaban J connectivity index is 2.09. The first-order chi connectivity index (χ1) is 12.4. The number of hydrogen-bond donors (Lipinski definition) is 0. The molecule has 0 aliphatic rings. The van der Waals surface area contributed by atoms with Gasteiger partial charge in [-0.2, -0.15) is 9.78 Å². The summed E-state index contributed by atoms with van der Waals surface area (Å²) in [6.07, 6.45) is 1.69. The van der Waals surface area contributed by atoms with Crippen LogP contribution in [0.1, 0.15) is 31.2 Å². The van der Waals surface area contributed by atoms with Gasteiger partial charge in [-0.15, -0.1) is 0 Å². The Bertz CT molecular complexity index is 1020. The van der Waals surface area contributed by atoms with Crippen LogP contribution >= 0.6 is 15.9 Å². The van der Waals surface area contributed by atoms with Crippen molar-refractivity contribution in [3.63, 3.8) is 0 Å². The highest BCUT2D eigenvalue weighted by molar-refractivity contribution is 9.10. The van der Waals surface area contributed by atoms with E-state index in [1.165, 1.54) is 4.68 Å². The SMILES string of the molecule is CC(C)c1nc2ccc(Br)cc2c(=O)n1N=Cc1ccc(N(C)C)cc1. The molecule has 2 aromatic carbocycles. The zero-order chi connectivity index (χ0) is 18.8. The van der Waals surface area contributed by atoms with Crippen molar-refractivity contribution in [2.24, 2.45) is 5.10 Å². The monoisotopic (exact) mass is 412 g/mol. The topological polar surface area (TPSA) is 50.5 Å². The summed E-state index contributed by atoms with van der Waals surface area (Å²) in [5, 5.41) is 4.98. The fourth-order valence-electron chi connectivity index (χ4n) is 2.63. The van der Waals surface area contributed by atoms with E-state index in [9.17, 15) is 4.79 Å². The summed E-state index contributed by atoms with van der Waals surface area (Å²) >= 11 is 3.41. The number of halogens is 1. The molecule has 0 fully saturated rings. The lowest BCUT2D eigenvalue weighted by Gasteiger charge is -2.12. The van der Waals surface area contributed by atoms with E-state index in [1.54, 1.807) is 12.3 Å². The van der Waals surface area contributed by atoms with Crippen molar-refractivity contribution in [2.45, 2.75) is 19.8 Å². The van der Waals surface area contributed by atoms with Gasteiger partial charge in [-0.05, 0) is 35.9 Å². The third-order valence-corrected chi connectivity index (χ3v) is 4.57. The molecule has 1 heterocycles. The van der Waals surface area contributed by atoms with Gasteiger partial charge >= 0.3 is 0 Å². The van der Waals surface area contributed by atoms with Crippen molar-refractivity contribution in [2.75, 3.05) is 19.0 Å². The molecule has 0 saturated heterocycles. The number of hydrogen-bond acceptors (Lipinski definition) is 4. The summed E-state index contributed by atoms with van der Waals surface area (Å²) in [5.41, 5.74) is 2.55. The maximum absolute atomic E-state index is 13.0. The van der Waals surface area contributed by atoms with E-state index in [2.05, 4.69) is 26.0 Å². The average Bonchev–Trinajstić information content (AvgIpc) is 2.61. The van der Waals surface area contributed by atoms with Crippen LogP contribution in [0.4, 0.5) is 5.69 Å². The molecule has 0 amide bonds. The summed E-state index contributed by atoms with van der Waals surface area (Å²) in [6, 6.07) is 13.5. The molecule has 0 atom stereocenters. The van der Waals surface area contributed by atoms with Gasteiger partial charge < -0.3 is 4.90 Å². The van der Waals surface area contributed by atoms with Crippen molar-refractivity contribution in [1.29, 1.82) is 0 Å². The molecule has 0 saturated carbocycles. The first kappa shape index (κ1) is 18.3. The lowest BCUT2D eigenvalue weighted by Crippen LogP contribution is -2.23. The fraction of sp³-hybridized carbons (Fsp3) is 0.250. The van der Waals surface area contributed by atoms with Crippen LogP contribution in [0.2, 0.25) is 0 Å². The van der Waals surface area contributed by atoms with Crippen molar-refractivity contribution in [3.8, 4) is 0 Å². The van der Waals surface area contributed by atoms with E-state index in [1.807, 2.05) is 69.2 Å². The Hall–Kier alpha value is -2.47. The zero-order valence-electron chi connectivity index (χ0n) is 15.3. The maximum atomic E-state index is 13.0. The van der Waals surface area contributed by atoms with E-state index < -0.39 is 0 Å². The summed E-state index contributed by atoms with van der Waals surface area (Å²) in [4.78, 5) is 19.6. The van der Waals surface area contributed by atoms with Gasteiger partial charge in [-0.25, -0.2) is 4.98 Å². The number of benzene rings is 2. The van der Waals surface area contributed by atoms with Crippen LogP contribution in [0.15, 0.2) is 56.8 Å². The minimum absolute atomic E-state index is 0.0732. The first-order valence-corrected chi connectivity index (χ1v) is 9.20. The average molecular weight is 413 g/mol. The first-order valence-electron chi connectivity index (χ1n) is 8.41. The second kappa shape index (κ2) is 7.41. The molecule has 0 spiro atoms. The van der Waals surface area contributed by atoms with Gasteiger partial charge in [0, 0.05) is 30.2 Å². The second-order valence-electron chi connectivity index (χ2n) is 6.63. The zero-order valence-corrected chi connectivity index (χ0v) is 16.9. The molecule has 5 nitrogen and oxygen atoms in total. The number of aromatic nitrogens is 2. The summed E-state index contributed by atoms with van der Waals surface area (Å²) in [6.45, 7) is 4.01. The van der Waals surface area contributed by atoms with Crippen LogP contribution in [0.25, 0.3) is 10.9 Å². The van der Waals surface area contributed by atoms with E-state index in [-0.39, 0.29) is 11.5 Å². The van der Waals surface area contributed by atoms with Crippen LogP contribution in [-0.4, -0.2) is 30.0 Å². The molecular formula is C20H21BrN4O. The van der Waals surface area contributed by atoms with Gasteiger partial charge in [0.05, 0.1) is 17.1 Å². The van der Waals surface area contributed by atoms with E-state index in [0.29, 0.717) is 16.7 Å². The Kier molecular flexibility index (Phi) is 5.23. The summed E-state index contributed by atoms with van der Waals surface area (Å²) in [7, 11) is 3.99. The van der Waals surface area contributed by atoms with Gasteiger partial charge in [-0.3, -0.25) is 4.79 Å². The highest BCUT2D eigenvalue weighted by atomic mass is 79.9. The predicted octanol–water partition coefficient (Wildman–Crippen LogP) is 4.23. The summed E-state index contributed by atoms with van der Waals surface area (Å²) < 4.78 is 2.25. The highest BCUT2D eigenvalue weighted by Gasteiger charge is 2.13. The van der Waals surface area contributed by atoms with Crippen molar-refractivity contribution in [3.05, 3.63) is 68.7 Å². The van der Waals surface area contributed by atoms with E-state index >= 15 is 0 Å². The predicted molar refractivity (Wildman–Crippen MR) is 112 cm³/mol. The minimum atomic E-state index is -0.166. The quantitative estimate of drug-likeness (QED) is 0.602. The van der Waals surface area contributed by atoms with Gasteiger partial charge in [0.2, 0.25) is 0 Å². The Morgan fingerprint density at radius 1 is 1.15 bits per heavy atom. The van der Waals surface area contributed by atoms with Crippen molar-refractivity contribution in [1.82, 2.24) is 9.66 Å². The number of nitrogens with zero attached hydrogens (tertiary/aromatic N) is 4. The van der Waals surface area contributed by atoms with Gasteiger partial charge in [0.15, 0.2) is 0 Å². The number of rotatable bonds is 4. The Morgan fingerprint density at radius 2 is 1.85 bits per heavy atom. The second-order valence-corrected chi connectivity index (χ2v) is 7.55. The molecule has 0 aliphatic heterocycles. The Morgan fingerprint density at radius 3 is 2.46 bits per heavy atom. The van der Waals surface area contributed by atoms with Crippen LogP contribution in [0.3, 0.4) is 0 Å². The number of fused-ring (bicyclic) bond motifs is 1. The molecule has 3 aromatic rings. The lowest BCUT2D eigenvalue weighted by atomic mass is 10.2. The van der Waals surface area contributed by atoms with Gasteiger partial charge in [-0.1, -0.05) is 41.9 Å². The van der Waals surface area contributed by atoms with Crippen molar-refractivity contribution >= 4 is 38.7 Å². The molecule has 0 N–H and O–H groups in total. The molecule has 0 aliphatic carbocycles. The minimum Gasteiger partial charge on any atom is -0.378 e. The molecular weight excluding hydrogens is 392 g/mol. The maximum Gasteiger partial charge on any atom is 0.282 e. The molecule has 0 bridgehead atoms. The molecule has 134 valence electrons. The normalized spacial score (nSPS) is 11.6. The molecule has 0 radical (unpaired) electrons. The van der Waals surface area contributed by atoms with E-state index in [0.717, 1.165) is 15.7 Å². The third-order valence-electron chi connectivity index (χ3n) is 4.08. The smallest absolute Gasteiger partial charge is 0.282 e. The van der Waals surface area contributed by atoms with Crippen molar-refractivity contribution < 1.29 is 0 Å². The van der Waals surface area contributed by atoms with Gasteiger partial charge in [0.1, 0.15) is 5.82 Å². The molecule has 6 heteroatoms. The van der Waals surface area contributed by atoms with Crippen LogP contribution in [-0.2, 0) is 0 Å². The van der Waals surface area contributed by atoms with E-state index in [4.69, 9.17) is 0 Å². The molecule has 26 heavy (non-hydrogen) atoms. The fourth-order valence-corrected chi connectivity index (χ4v) is 3.00. The van der Waals surface area contributed by atoms with Crippen LogP contribution in [0, 0.1) is 0 Å². The third kappa shape index (κ3) is 3.70. The van der Waals surface area contributed by atoms with Crippen LogP contribution < -0.4 is 10.5 Å². The number of anilines is 1. The van der Waals surface area contributed by atoms with Gasteiger partial charge in [0.25, 0.3) is 5.56 Å².